The van der Waals surface area contributed by atoms with Crippen molar-refractivity contribution < 1.29 is 13.6 Å². The molecule has 0 aromatic heterocycles. The summed E-state index contributed by atoms with van der Waals surface area (Å²) in [4.78, 5) is 14.2. The van der Waals surface area contributed by atoms with Crippen molar-refractivity contribution in [3.8, 4) is 0 Å². The number of benzene rings is 1. The second-order valence-corrected chi connectivity index (χ2v) is 5.24. The van der Waals surface area contributed by atoms with Crippen LogP contribution in [-0.4, -0.2) is 29.9 Å². The average Bonchev–Trinajstić information content (AvgIpc) is 2.44. The molecule has 1 heterocycles. The van der Waals surface area contributed by atoms with Crippen LogP contribution in [0.25, 0.3) is 0 Å². The number of nitrogens with two attached hydrogens (primary N) is 1. The lowest BCUT2D eigenvalue weighted by atomic mass is 9.98. The molecule has 0 bridgehead atoms. The van der Waals surface area contributed by atoms with Crippen molar-refractivity contribution in [2.75, 3.05) is 13.1 Å². The summed E-state index contributed by atoms with van der Waals surface area (Å²) in [6.45, 7) is 1.28. The molecule has 1 aliphatic rings. The number of hydrogen-bond acceptors (Lipinski definition) is 2. The Morgan fingerprint density at radius 1 is 1.29 bits per heavy atom. The summed E-state index contributed by atoms with van der Waals surface area (Å²) >= 11 is 0. The maximum atomic E-state index is 13.2. The minimum atomic E-state index is -0.910. The van der Waals surface area contributed by atoms with Crippen molar-refractivity contribution in [1.82, 2.24) is 4.90 Å². The maximum absolute atomic E-state index is 13.2. The number of nitrogens with zero attached hydrogens (tertiary/aromatic N) is 1. The quantitative estimate of drug-likeness (QED) is 0.927. The summed E-state index contributed by atoms with van der Waals surface area (Å²) in [5, 5.41) is 0. The van der Waals surface area contributed by atoms with Crippen LogP contribution in [0.1, 0.15) is 31.2 Å². The Bertz CT molecular complexity index is 483. The van der Waals surface area contributed by atoms with E-state index in [9.17, 15) is 13.6 Å². The average molecular weight is 319 g/mol. The molecular formula is C15H21ClF2N2O. The highest BCUT2D eigenvalue weighted by molar-refractivity contribution is 5.85. The first-order valence-corrected chi connectivity index (χ1v) is 7.05. The number of piperidine rings is 1. The molecule has 0 saturated carbocycles. The molecule has 0 radical (unpaired) electrons. The van der Waals surface area contributed by atoms with Crippen LogP contribution in [0.3, 0.4) is 0 Å². The van der Waals surface area contributed by atoms with Crippen LogP contribution in [0.15, 0.2) is 18.2 Å². The minimum absolute atomic E-state index is 0. The van der Waals surface area contributed by atoms with Crippen molar-refractivity contribution in [2.45, 2.75) is 38.1 Å². The molecular weight excluding hydrogens is 298 g/mol. The molecule has 1 aliphatic heterocycles. The lowest BCUT2D eigenvalue weighted by Gasteiger charge is -2.35. The number of rotatable bonds is 4. The van der Waals surface area contributed by atoms with Gasteiger partial charge in [-0.05, 0) is 49.9 Å². The minimum Gasteiger partial charge on any atom is -0.339 e. The summed E-state index contributed by atoms with van der Waals surface area (Å²) in [7, 11) is 0. The first-order valence-electron chi connectivity index (χ1n) is 7.05. The van der Waals surface area contributed by atoms with Crippen molar-refractivity contribution in [3.05, 3.63) is 35.4 Å². The van der Waals surface area contributed by atoms with Gasteiger partial charge < -0.3 is 10.6 Å². The Morgan fingerprint density at radius 2 is 2.05 bits per heavy atom. The molecule has 6 heteroatoms. The molecule has 1 fully saturated rings. The zero-order valence-corrected chi connectivity index (χ0v) is 12.7. The Labute approximate surface area is 129 Å². The van der Waals surface area contributed by atoms with Crippen molar-refractivity contribution in [1.29, 1.82) is 0 Å². The Balaban J connectivity index is 0.00000220. The Kier molecular flexibility index (Phi) is 7.05. The van der Waals surface area contributed by atoms with Gasteiger partial charge in [0, 0.05) is 12.6 Å². The fourth-order valence-corrected chi connectivity index (χ4v) is 2.75. The summed E-state index contributed by atoms with van der Waals surface area (Å²) in [6.07, 6.45) is 3.98. The number of amides is 1. The second-order valence-electron chi connectivity index (χ2n) is 5.24. The van der Waals surface area contributed by atoms with E-state index < -0.39 is 11.6 Å². The van der Waals surface area contributed by atoms with Gasteiger partial charge in [-0.3, -0.25) is 4.79 Å². The van der Waals surface area contributed by atoms with Gasteiger partial charge in [0.15, 0.2) is 11.6 Å². The van der Waals surface area contributed by atoms with Gasteiger partial charge in [0.05, 0.1) is 6.42 Å². The molecule has 21 heavy (non-hydrogen) atoms. The molecule has 1 saturated heterocycles. The van der Waals surface area contributed by atoms with Gasteiger partial charge >= 0.3 is 0 Å². The summed E-state index contributed by atoms with van der Waals surface area (Å²) in [5.41, 5.74) is 6.09. The molecule has 1 aromatic carbocycles. The first kappa shape index (κ1) is 17.9. The predicted octanol–water partition coefficient (Wildman–Crippen LogP) is 2.66. The molecule has 3 nitrogen and oxygen atoms in total. The number of carbonyl (C=O) groups is 1. The summed E-state index contributed by atoms with van der Waals surface area (Å²) in [6, 6.07) is 3.80. The summed E-state index contributed by atoms with van der Waals surface area (Å²) in [5.74, 6) is -1.83. The van der Waals surface area contributed by atoms with Crippen LogP contribution < -0.4 is 5.73 Å². The van der Waals surface area contributed by atoms with Crippen LogP contribution in [0, 0.1) is 11.6 Å². The number of halogens is 3. The van der Waals surface area contributed by atoms with Crippen LogP contribution in [0.5, 0.6) is 0 Å². The third-order valence-electron chi connectivity index (χ3n) is 3.79. The van der Waals surface area contributed by atoms with E-state index in [2.05, 4.69) is 0 Å². The van der Waals surface area contributed by atoms with E-state index in [4.69, 9.17) is 5.73 Å². The zero-order valence-electron chi connectivity index (χ0n) is 11.9. The number of hydrogen-bond donors (Lipinski definition) is 1. The topological polar surface area (TPSA) is 46.3 Å². The SMILES string of the molecule is Cl.NCCC1CCCCN1C(=O)Cc1ccc(F)c(F)c1. The van der Waals surface area contributed by atoms with Gasteiger partial charge in [0.2, 0.25) is 5.91 Å². The van der Waals surface area contributed by atoms with Gasteiger partial charge in [-0.25, -0.2) is 8.78 Å². The highest BCUT2D eigenvalue weighted by Gasteiger charge is 2.26. The van der Waals surface area contributed by atoms with Gasteiger partial charge in [-0.15, -0.1) is 12.4 Å². The van der Waals surface area contributed by atoms with Crippen LogP contribution >= 0.6 is 12.4 Å². The molecule has 0 aliphatic carbocycles. The number of likely N-dealkylation sites (tertiary alicyclic amines) is 1. The van der Waals surface area contributed by atoms with E-state index in [0.29, 0.717) is 12.1 Å². The van der Waals surface area contributed by atoms with E-state index in [1.54, 1.807) is 0 Å². The van der Waals surface area contributed by atoms with Gasteiger partial charge in [0.1, 0.15) is 0 Å². The molecule has 1 amide bonds. The van der Waals surface area contributed by atoms with Gasteiger partial charge in [0.25, 0.3) is 0 Å². The Hall–Kier alpha value is -1.20. The summed E-state index contributed by atoms with van der Waals surface area (Å²) < 4.78 is 26.0. The van der Waals surface area contributed by atoms with E-state index >= 15 is 0 Å². The molecule has 1 unspecified atom stereocenters. The lowest BCUT2D eigenvalue weighted by Crippen LogP contribution is -2.45. The van der Waals surface area contributed by atoms with Gasteiger partial charge in [-0.2, -0.15) is 0 Å². The highest BCUT2D eigenvalue weighted by Crippen LogP contribution is 2.20. The van der Waals surface area contributed by atoms with E-state index in [-0.39, 0.29) is 30.8 Å². The smallest absolute Gasteiger partial charge is 0.227 e. The van der Waals surface area contributed by atoms with E-state index in [1.807, 2.05) is 4.90 Å². The molecule has 1 atom stereocenters. The predicted molar refractivity (Wildman–Crippen MR) is 80.3 cm³/mol. The largest absolute Gasteiger partial charge is 0.339 e. The molecule has 2 N–H and O–H groups in total. The van der Waals surface area contributed by atoms with E-state index in [0.717, 1.165) is 44.4 Å². The fourth-order valence-electron chi connectivity index (χ4n) is 2.75. The van der Waals surface area contributed by atoms with Crippen LogP contribution in [-0.2, 0) is 11.2 Å². The lowest BCUT2D eigenvalue weighted by molar-refractivity contribution is -0.134. The highest BCUT2D eigenvalue weighted by atomic mass is 35.5. The third-order valence-corrected chi connectivity index (χ3v) is 3.79. The van der Waals surface area contributed by atoms with Crippen molar-refractivity contribution in [3.63, 3.8) is 0 Å². The standard InChI is InChI=1S/C15H20F2N2O.ClH/c16-13-5-4-11(9-14(13)17)10-15(20)19-8-2-1-3-12(19)6-7-18;/h4-5,9,12H,1-3,6-8,10,18H2;1H. The number of carbonyl (C=O) groups excluding carboxylic acids is 1. The van der Waals surface area contributed by atoms with Crippen molar-refractivity contribution in [2.24, 2.45) is 5.73 Å². The van der Waals surface area contributed by atoms with Crippen LogP contribution in [0.2, 0.25) is 0 Å². The Morgan fingerprint density at radius 3 is 2.71 bits per heavy atom. The molecule has 1 aromatic rings. The van der Waals surface area contributed by atoms with Crippen LogP contribution in [0.4, 0.5) is 8.78 Å². The van der Waals surface area contributed by atoms with Crippen molar-refractivity contribution >= 4 is 18.3 Å². The van der Waals surface area contributed by atoms with Gasteiger partial charge in [-0.1, -0.05) is 6.07 Å². The van der Waals surface area contributed by atoms with E-state index in [1.165, 1.54) is 6.07 Å². The molecule has 118 valence electrons. The fraction of sp³-hybridized carbons (Fsp3) is 0.533. The zero-order chi connectivity index (χ0) is 14.5. The third kappa shape index (κ3) is 4.64. The molecule has 2 rings (SSSR count). The first-order chi connectivity index (χ1) is 9.61. The monoisotopic (exact) mass is 318 g/mol. The maximum Gasteiger partial charge on any atom is 0.227 e. The normalized spacial score (nSPS) is 18.2. The second kappa shape index (κ2) is 8.29. The molecule has 0 spiro atoms.